The van der Waals surface area contributed by atoms with E-state index in [2.05, 4.69) is 36.5 Å². The molecular formula is C16H20N2O. The average Bonchev–Trinajstić information content (AvgIpc) is 2.72. The van der Waals surface area contributed by atoms with Crippen LogP contribution in [0.25, 0.3) is 0 Å². The zero-order valence-corrected chi connectivity index (χ0v) is 11.5. The van der Waals surface area contributed by atoms with Crippen molar-refractivity contribution in [2.75, 3.05) is 0 Å². The molecule has 1 aliphatic carbocycles. The maximum Gasteiger partial charge on any atom is 0.144 e. The summed E-state index contributed by atoms with van der Waals surface area (Å²) >= 11 is 0. The SMILES string of the molecule is CC1(C)CC(=O)[C@H]2C(Cc3ccccc3)=NN[C@H]2C1. The number of Topliss-reactive ketones (excluding diaryl/α,β-unsaturated/α-hetero) is 1. The molecule has 0 unspecified atom stereocenters. The molecule has 0 radical (unpaired) electrons. The van der Waals surface area contributed by atoms with Crippen molar-refractivity contribution in [3.63, 3.8) is 0 Å². The van der Waals surface area contributed by atoms with Crippen molar-refractivity contribution in [1.29, 1.82) is 0 Å². The number of carbonyl (C=O) groups is 1. The molecule has 3 nitrogen and oxygen atoms in total. The number of nitrogens with one attached hydrogen (secondary N) is 1. The molecule has 0 bridgehead atoms. The Labute approximate surface area is 114 Å². The van der Waals surface area contributed by atoms with Crippen LogP contribution < -0.4 is 5.43 Å². The fourth-order valence-electron chi connectivity index (χ4n) is 3.32. The Kier molecular flexibility index (Phi) is 2.92. The van der Waals surface area contributed by atoms with Gasteiger partial charge < -0.3 is 5.43 Å². The first-order chi connectivity index (χ1) is 9.05. The van der Waals surface area contributed by atoms with Crippen LogP contribution in [-0.4, -0.2) is 17.5 Å². The van der Waals surface area contributed by atoms with Crippen LogP contribution in [0.15, 0.2) is 35.4 Å². The molecule has 1 aromatic rings. The van der Waals surface area contributed by atoms with Gasteiger partial charge in [-0.3, -0.25) is 4.79 Å². The molecule has 1 fully saturated rings. The van der Waals surface area contributed by atoms with Gasteiger partial charge in [-0.1, -0.05) is 44.2 Å². The van der Waals surface area contributed by atoms with E-state index in [0.717, 1.165) is 18.6 Å². The smallest absolute Gasteiger partial charge is 0.144 e. The minimum absolute atomic E-state index is 0.00627. The number of benzene rings is 1. The molecule has 0 saturated heterocycles. The van der Waals surface area contributed by atoms with Gasteiger partial charge >= 0.3 is 0 Å². The number of hydrogen-bond acceptors (Lipinski definition) is 3. The van der Waals surface area contributed by atoms with Gasteiger partial charge in [0.2, 0.25) is 0 Å². The van der Waals surface area contributed by atoms with Crippen molar-refractivity contribution in [1.82, 2.24) is 5.43 Å². The van der Waals surface area contributed by atoms with Gasteiger partial charge in [-0.25, -0.2) is 0 Å². The number of nitrogens with zero attached hydrogens (tertiary/aromatic N) is 1. The van der Waals surface area contributed by atoms with Gasteiger partial charge in [-0.15, -0.1) is 0 Å². The number of hydrazone groups is 1. The van der Waals surface area contributed by atoms with E-state index in [-0.39, 0.29) is 17.4 Å². The number of rotatable bonds is 2. The first kappa shape index (κ1) is 12.4. The summed E-state index contributed by atoms with van der Waals surface area (Å²) in [7, 11) is 0. The number of carbonyl (C=O) groups excluding carboxylic acids is 1. The number of hydrogen-bond donors (Lipinski definition) is 1. The van der Waals surface area contributed by atoms with E-state index in [1.807, 2.05) is 18.2 Å². The summed E-state index contributed by atoms with van der Waals surface area (Å²) in [6.07, 6.45) is 2.47. The van der Waals surface area contributed by atoms with Gasteiger partial charge in [0, 0.05) is 12.8 Å². The molecule has 1 saturated carbocycles. The largest absolute Gasteiger partial charge is 0.306 e. The zero-order chi connectivity index (χ0) is 13.5. The highest BCUT2D eigenvalue weighted by atomic mass is 16.1. The average molecular weight is 256 g/mol. The second-order valence-corrected chi connectivity index (χ2v) is 6.49. The summed E-state index contributed by atoms with van der Waals surface area (Å²) in [5.41, 5.74) is 5.52. The Hall–Kier alpha value is -1.64. The van der Waals surface area contributed by atoms with Crippen molar-refractivity contribution in [2.45, 2.75) is 39.2 Å². The molecular weight excluding hydrogens is 236 g/mol. The molecule has 100 valence electrons. The van der Waals surface area contributed by atoms with Crippen molar-refractivity contribution >= 4 is 11.5 Å². The molecule has 0 aromatic heterocycles. The highest BCUT2D eigenvalue weighted by Crippen LogP contribution is 2.38. The van der Waals surface area contributed by atoms with Gasteiger partial charge in [0.15, 0.2) is 0 Å². The lowest BCUT2D eigenvalue weighted by Gasteiger charge is -2.36. The van der Waals surface area contributed by atoms with E-state index >= 15 is 0 Å². The molecule has 0 amide bonds. The highest BCUT2D eigenvalue weighted by molar-refractivity contribution is 6.08. The molecule has 19 heavy (non-hydrogen) atoms. The Morgan fingerprint density at radius 1 is 1.32 bits per heavy atom. The molecule has 3 heteroatoms. The number of fused-ring (bicyclic) bond motifs is 1. The molecule has 0 spiro atoms. The Morgan fingerprint density at radius 2 is 2.05 bits per heavy atom. The fourth-order valence-corrected chi connectivity index (χ4v) is 3.32. The molecule has 3 rings (SSSR count). The molecule has 1 heterocycles. The van der Waals surface area contributed by atoms with Gasteiger partial charge in [0.1, 0.15) is 5.78 Å². The molecule has 1 N–H and O–H groups in total. The zero-order valence-electron chi connectivity index (χ0n) is 11.5. The predicted octanol–water partition coefficient (Wildman–Crippen LogP) is 2.56. The van der Waals surface area contributed by atoms with Crippen LogP contribution in [0.1, 0.15) is 32.3 Å². The monoisotopic (exact) mass is 256 g/mol. The van der Waals surface area contributed by atoms with Crippen LogP contribution in [0.4, 0.5) is 0 Å². The standard InChI is InChI=1S/C16H20N2O/c1-16(2)9-13-15(14(19)10-16)12(17-18-13)8-11-6-4-3-5-7-11/h3-7,13,15,18H,8-10H2,1-2H3/t13-,15-/m0/s1. The van der Waals surface area contributed by atoms with E-state index in [0.29, 0.717) is 12.2 Å². The Bertz CT molecular complexity index is 519. The summed E-state index contributed by atoms with van der Waals surface area (Å²) in [6, 6.07) is 10.5. The van der Waals surface area contributed by atoms with Gasteiger partial charge in [0.05, 0.1) is 17.7 Å². The summed E-state index contributed by atoms with van der Waals surface area (Å²) in [5, 5.41) is 4.44. The van der Waals surface area contributed by atoms with Gasteiger partial charge in [-0.2, -0.15) is 5.10 Å². The highest BCUT2D eigenvalue weighted by Gasteiger charge is 2.45. The van der Waals surface area contributed by atoms with E-state index in [4.69, 9.17) is 0 Å². The predicted molar refractivity (Wildman–Crippen MR) is 76.0 cm³/mol. The van der Waals surface area contributed by atoms with Crippen LogP contribution in [-0.2, 0) is 11.2 Å². The van der Waals surface area contributed by atoms with Crippen molar-refractivity contribution in [2.24, 2.45) is 16.4 Å². The van der Waals surface area contributed by atoms with E-state index in [9.17, 15) is 4.79 Å². The summed E-state index contributed by atoms with van der Waals surface area (Å²) in [4.78, 5) is 12.4. The van der Waals surface area contributed by atoms with E-state index in [1.165, 1.54) is 5.56 Å². The molecule has 2 aliphatic rings. The Morgan fingerprint density at radius 3 is 2.79 bits per heavy atom. The first-order valence-corrected chi connectivity index (χ1v) is 6.94. The van der Waals surface area contributed by atoms with Crippen molar-refractivity contribution < 1.29 is 4.79 Å². The summed E-state index contributed by atoms with van der Waals surface area (Å²) < 4.78 is 0. The molecule has 1 aromatic carbocycles. The molecule has 1 aliphatic heterocycles. The maximum atomic E-state index is 12.4. The lowest BCUT2D eigenvalue weighted by atomic mass is 9.68. The third-order valence-corrected chi connectivity index (χ3v) is 4.14. The first-order valence-electron chi connectivity index (χ1n) is 6.94. The van der Waals surface area contributed by atoms with Crippen LogP contribution in [0.3, 0.4) is 0 Å². The number of ketones is 1. The third kappa shape index (κ3) is 2.42. The summed E-state index contributed by atoms with van der Waals surface area (Å²) in [6.45, 7) is 4.33. The van der Waals surface area contributed by atoms with Crippen LogP contribution in [0, 0.1) is 11.3 Å². The second-order valence-electron chi connectivity index (χ2n) is 6.49. The maximum absolute atomic E-state index is 12.4. The third-order valence-electron chi connectivity index (χ3n) is 4.14. The van der Waals surface area contributed by atoms with E-state index < -0.39 is 0 Å². The minimum Gasteiger partial charge on any atom is -0.306 e. The normalized spacial score (nSPS) is 28.5. The van der Waals surface area contributed by atoms with Gasteiger partial charge in [-0.05, 0) is 17.4 Å². The van der Waals surface area contributed by atoms with E-state index in [1.54, 1.807) is 0 Å². The summed E-state index contributed by atoms with van der Waals surface area (Å²) in [5.74, 6) is 0.342. The van der Waals surface area contributed by atoms with Crippen molar-refractivity contribution in [3.8, 4) is 0 Å². The molecule has 2 atom stereocenters. The quantitative estimate of drug-likeness (QED) is 0.883. The van der Waals surface area contributed by atoms with Crippen LogP contribution in [0.2, 0.25) is 0 Å². The van der Waals surface area contributed by atoms with Crippen LogP contribution in [0.5, 0.6) is 0 Å². The van der Waals surface area contributed by atoms with Crippen LogP contribution >= 0.6 is 0 Å². The second kappa shape index (κ2) is 4.48. The topological polar surface area (TPSA) is 41.5 Å². The van der Waals surface area contributed by atoms with Gasteiger partial charge in [0.25, 0.3) is 0 Å². The lowest BCUT2D eigenvalue weighted by molar-refractivity contribution is -0.126. The minimum atomic E-state index is -0.00627. The fraction of sp³-hybridized carbons (Fsp3) is 0.500. The lowest BCUT2D eigenvalue weighted by Crippen LogP contribution is -2.45. The Balaban J connectivity index is 1.77. The van der Waals surface area contributed by atoms with Crippen molar-refractivity contribution in [3.05, 3.63) is 35.9 Å².